The summed E-state index contributed by atoms with van der Waals surface area (Å²) in [4.78, 5) is 3.42. The van der Waals surface area contributed by atoms with E-state index in [1.807, 2.05) is 26.0 Å². The molecule has 0 aliphatic carbocycles. The smallest absolute Gasteiger partial charge is 0.128 e. The van der Waals surface area contributed by atoms with E-state index >= 15 is 0 Å². The van der Waals surface area contributed by atoms with Crippen molar-refractivity contribution in [3.8, 4) is 5.75 Å². The Morgan fingerprint density at radius 1 is 1.04 bits per heavy atom. The summed E-state index contributed by atoms with van der Waals surface area (Å²) in [5.74, 6) is 1.38. The number of rotatable bonds is 4. The fraction of sp³-hybridized carbons (Fsp3) is 0.391. The molecule has 2 aromatic carbocycles. The molecule has 25 heavy (non-hydrogen) atoms. The van der Waals surface area contributed by atoms with Crippen LogP contribution in [0.25, 0.3) is 10.9 Å². The van der Waals surface area contributed by atoms with E-state index in [4.69, 9.17) is 4.74 Å². The van der Waals surface area contributed by atoms with Crippen LogP contribution in [0.4, 0.5) is 0 Å². The van der Waals surface area contributed by atoms with E-state index in [9.17, 15) is 0 Å². The minimum absolute atomic E-state index is 0. The fourth-order valence-corrected chi connectivity index (χ4v) is 3.43. The third-order valence-corrected chi connectivity index (χ3v) is 5.25. The van der Waals surface area contributed by atoms with Crippen molar-refractivity contribution in [3.63, 3.8) is 0 Å². The molecule has 0 saturated heterocycles. The SMILES string of the molecule is CC.COc1cccc2[nH]cc(C(C)(c3ccc(C)cc3)C(C)C)c12.[HH]. The Morgan fingerprint density at radius 2 is 1.68 bits per heavy atom. The summed E-state index contributed by atoms with van der Waals surface area (Å²) in [7, 11) is 1.74. The van der Waals surface area contributed by atoms with Gasteiger partial charge in [-0.05, 0) is 36.1 Å². The number of methoxy groups -OCH3 is 1. The second kappa shape index (κ2) is 7.77. The van der Waals surface area contributed by atoms with Crippen LogP contribution in [0.15, 0.2) is 48.7 Å². The molecule has 0 radical (unpaired) electrons. The maximum Gasteiger partial charge on any atom is 0.128 e. The Bertz CT molecular complexity index is 820. The Morgan fingerprint density at radius 3 is 2.24 bits per heavy atom. The zero-order valence-corrected chi connectivity index (χ0v) is 16.6. The monoisotopic (exact) mass is 339 g/mol. The largest absolute Gasteiger partial charge is 0.496 e. The second-order valence-electron chi connectivity index (χ2n) is 6.81. The second-order valence-corrected chi connectivity index (χ2v) is 6.81. The van der Waals surface area contributed by atoms with E-state index in [0.717, 1.165) is 11.3 Å². The van der Waals surface area contributed by atoms with Gasteiger partial charge in [-0.25, -0.2) is 0 Å². The molecule has 1 N–H and O–H groups in total. The molecule has 1 unspecified atom stereocenters. The van der Waals surface area contributed by atoms with E-state index < -0.39 is 0 Å². The highest BCUT2D eigenvalue weighted by Gasteiger charge is 2.35. The number of benzene rings is 2. The number of hydrogen-bond acceptors (Lipinski definition) is 1. The van der Waals surface area contributed by atoms with Crippen LogP contribution in [0.2, 0.25) is 0 Å². The lowest BCUT2D eigenvalue weighted by Crippen LogP contribution is -2.30. The number of ether oxygens (including phenoxy) is 1. The topological polar surface area (TPSA) is 25.0 Å². The van der Waals surface area contributed by atoms with Crippen molar-refractivity contribution >= 4 is 10.9 Å². The van der Waals surface area contributed by atoms with Gasteiger partial charge in [0.25, 0.3) is 0 Å². The van der Waals surface area contributed by atoms with Gasteiger partial charge in [0.15, 0.2) is 0 Å². The highest BCUT2D eigenvalue weighted by Crippen LogP contribution is 2.44. The first-order valence-electron chi connectivity index (χ1n) is 9.20. The van der Waals surface area contributed by atoms with Gasteiger partial charge in [0.1, 0.15) is 5.75 Å². The molecule has 0 spiro atoms. The highest BCUT2D eigenvalue weighted by atomic mass is 16.5. The van der Waals surface area contributed by atoms with Gasteiger partial charge >= 0.3 is 0 Å². The Balaban J connectivity index is 0.00000109. The van der Waals surface area contributed by atoms with Crippen molar-refractivity contribution < 1.29 is 6.16 Å². The molecule has 1 aromatic heterocycles. The summed E-state index contributed by atoms with van der Waals surface area (Å²) in [5, 5.41) is 1.19. The summed E-state index contributed by atoms with van der Waals surface area (Å²) in [6, 6.07) is 15.1. The van der Waals surface area contributed by atoms with Crippen molar-refractivity contribution in [3.05, 3.63) is 65.4 Å². The van der Waals surface area contributed by atoms with Gasteiger partial charge in [-0.15, -0.1) is 0 Å². The van der Waals surface area contributed by atoms with Gasteiger partial charge in [-0.1, -0.05) is 70.5 Å². The van der Waals surface area contributed by atoms with Crippen molar-refractivity contribution in [2.75, 3.05) is 7.11 Å². The average Bonchev–Trinajstić information content (AvgIpc) is 3.07. The minimum Gasteiger partial charge on any atom is -0.496 e. The van der Waals surface area contributed by atoms with Crippen LogP contribution in [0, 0.1) is 12.8 Å². The molecule has 3 aromatic rings. The zero-order chi connectivity index (χ0) is 18.6. The number of fused-ring (bicyclic) bond motifs is 1. The van der Waals surface area contributed by atoms with Crippen LogP contribution in [0.5, 0.6) is 5.75 Å². The van der Waals surface area contributed by atoms with Crippen LogP contribution >= 0.6 is 0 Å². The number of H-pyrrole nitrogens is 1. The Kier molecular flexibility index (Phi) is 5.94. The van der Waals surface area contributed by atoms with Crippen LogP contribution in [-0.2, 0) is 5.41 Å². The molecule has 2 heteroatoms. The molecule has 0 saturated carbocycles. The first-order chi connectivity index (χ1) is 12.0. The van der Waals surface area contributed by atoms with E-state index in [-0.39, 0.29) is 6.84 Å². The Labute approximate surface area is 153 Å². The molecule has 3 rings (SSSR count). The number of aromatic amines is 1. The van der Waals surface area contributed by atoms with Crippen molar-refractivity contribution in [2.45, 2.75) is 47.0 Å². The fourth-order valence-electron chi connectivity index (χ4n) is 3.43. The summed E-state index contributed by atoms with van der Waals surface area (Å²) in [6.07, 6.45) is 2.15. The first kappa shape index (κ1) is 19.1. The van der Waals surface area contributed by atoms with E-state index in [1.54, 1.807) is 7.11 Å². The van der Waals surface area contributed by atoms with Gasteiger partial charge in [0, 0.05) is 23.9 Å². The quantitative estimate of drug-likeness (QED) is 0.561. The van der Waals surface area contributed by atoms with Gasteiger partial charge in [-0.3, -0.25) is 0 Å². The van der Waals surface area contributed by atoms with Gasteiger partial charge < -0.3 is 9.72 Å². The molecule has 2 nitrogen and oxygen atoms in total. The van der Waals surface area contributed by atoms with Crippen molar-refractivity contribution in [1.29, 1.82) is 0 Å². The molecule has 0 fully saturated rings. The lowest BCUT2D eigenvalue weighted by atomic mass is 9.68. The summed E-state index contributed by atoms with van der Waals surface area (Å²) < 4.78 is 5.64. The van der Waals surface area contributed by atoms with Crippen molar-refractivity contribution in [2.24, 2.45) is 5.92 Å². The number of hydrogen-bond donors (Lipinski definition) is 1. The number of aryl methyl sites for hydroxylation is 1. The van der Waals surface area contributed by atoms with E-state index in [1.165, 1.54) is 22.1 Å². The minimum atomic E-state index is -0.0828. The third kappa shape index (κ3) is 3.30. The number of nitrogens with one attached hydrogen (secondary N) is 1. The number of aromatic nitrogens is 1. The molecule has 1 atom stereocenters. The van der Waals surface area contributed by atoms with Gasteiger partial charge in [0.05, 0.1) is 7.11 Å². The average molecular weight is 340 g/mol. The maximum atomic E-state index is 5.64. The molecule has 1 heterocycles. The zero-order valence-electron chi connectivity index (χ0n) is 16.6. The van der Waals surface area contributed by atoms with Gasteiger partial charge in [-0.2, -0.15) is 0 Å². The Hall–Kier alpha value is -2.22. The summed E-state index contributed by atoms with van der Waals surface area (Å²) in [5.41, 5.74) is 4.96. The molecular formula is C23H33NO. The van der Waals surface area contributed by atoms with Crippen LogP contribution < -0.4 is 4.74 Å². The predicted molar refractivity (Wildman–Crippen MR) is 111 cm³/mol. The van der Waals surface area contributed by atoms with E-state index in [2.05, 4.69) is 69.2 Å². The van der Waals surface area contributed by atoms with Crippen LogP contribution in [0.3, 0.4) is 0 Å². The molecule has 0 bridgehead atoms. The molecule has 136 valence electrons. The molecular weight excluding hydrogens is 306 g/mol. The van der Waals surface area contributed by atoms with E-state index in [0.29, 0.717) is 5.92 Å². The van der Waals surface area contributed by atoms with Crippen LogP contribution in [-0.4, -0.2) is 12.1 Å². The van der Waals surface area contributed by atoms with Crippen molar-refractivity contribution in [1.82, 2.24) is 4.98 Å². The van der Waals surface area contributed by atoms with Crippen LogP contribution in [0.1, 0.15) is 52.7 Å². The molecule has 0 amide bonds. The lowest BCUT2D eigenvalue weighted by molar-refractivity contribution is 0.401. The standard InChI is InChI=1S/C21H25NO.C2H6.H2/c1-14(2)21(4,16-11-9-15(3)10-12-16)17-13-22-18-7-6-8-19(23-5)20(17)18;1-2;/h6-14,22H,1-5H3;1-2H3;1H. The lowest BCUT2D eigenvalue weighted by Gasteiger charge is -2.35. The van der Waals surface area contributed by atoms with Gasteiger partial charge in [0.2, 0.25) is 0 Å². The normalized spacial score (nSPS) is 13.3. The summed E-state index contributed by atoms with van der Waals surface area (Å²) >= 11 is 0. The third-order valence-electron chi connectivity index (χ3n) is 5.25. The molecule has 0 aliphatic heterocycles. The predicted octanol–water partition coefficient (Wildman–Crippen LogP) is 6.72. The first-order valence-corrected chi connectivity index (χ1v) is 9.20. The molecule has 0 aliphatic rings. The highest BCUT2D eigenvalue weighted by molar-refractivity contribution is 5.90. The summed E-state index contributed by atoms with van der Waals surface area (Å²) in [6.45, 7) is 13.0. The maximum absolute atomic E-state index is 5.64.